The number of nitrogens with zero attached hydrogens (tertiary/aromatic N) is 5. The van der Waals surface area contributed by atoms with Gasteiger partial charge in [0, 0.05) is 31.9 Å². The molecule has 0 radical (unpaired) electrons. The number of alkyl halides is 2. The van der Waals surface area contributed by atoms with E-state index in [2.05, 4.69) is 15.3 Å². The van der Waals surface area contributed by atoms with Gasteiger partial charge in [0.25, 0.3) is 12.3 Å². The monoisotopic (exact) mass is 596 g/mol. The number of imidazole rings is 1. The van der Waals surface area contributed by atoms with Crippen LogP contribution in [-0.2, 0) is 6.54 Å². The Labute approximate surface area is 245 Å². The molecule has 1 aliphatic carbocycles. The fraction of sp³-hybridized carbons (Fsp3) is 0.400. The molecule has 0 unspecified atom stereocenters. The SMILES string of the molecule is O=C(N[C@H]1CC[C@H](Cn2c(=O)n(-c3ccc(N4CC[C@@H](O)C4)nc3)c3ccccc32)CC1)c1cc(Cl)cnc1C(F)F. The first-order chi connectivity index (χ1) is 20.3. The fourth-order valence-electron chi connectivity index (χ4n) is 6.10. The molecule has 1 saturated carbocycles. The zero-order chi connectivity index (χ0) is 29.4. The molecule has 42 heavy (non-hydrogen) atoms. The van der Waals surface area contributed by atoms with Crippen molar-refractivity contribution in [1.82, 2.24) is 24.4 Å². The second-order valence-corrected chi connectivity index (χ2v) is 11.5. The molecule has 12 heteroatoms. The Kier molecular flexibility index (Phi) is 7.96. The van der Waals surface area contributed by atoms with Gasteiger partial charge in [-0.15, -0.1) is 0 Å². The van der Waals surface area contributed by atoms with E-state index in [9.17, 15) is 23.5 Å². The van der Waals surface area contributed by atoms with E-state index in [0.29, 0.717) is 38.0 Å². The zero-order valence-corrected chi connectivity index (χ0v) is 23.6. The molecule has 4 heterocycles. The molecule has 2 N–H and O–H groups in total. The molecule has 0 spiro atoms. The maximum absolute atomic E-state index is 13.7. The Morgan fingerprint density at radius 2 is 1.81 bits per heavy atom. The number of para-hydroxylation sites is 2. The summed E-state index contributed by atoms with van der Waals surface area (Å²) in [5.74, 6) is 0.373. The molecule has 1 aliphatic heterocycles. The number of anilines is 1. The van der Waals surface area contributed by atoms with Crippen molar-refractivity contribution in [2.75, 3.05) is 18.0 Å². The summed E-state index contributed by atoms with van der Waals surface area (Å²) in [5, 5.41) is 12.8. The summed E-state index contributed by atoms with van der Waals surface area (Å²) in [6, 6.07) is 12.5. The Balaban J connectivity index is 1.15. The minimum atomic E-state index is -2.88. The van der Waals surface area contributed by atoms with Gasteiger partial charge in [0.1, 0.15) is 11.5 Å². The lowest BCUT2D eigenvalue weighted by molar-refractivity contribution is 0.0904. The Bertz CT molecular complexity index is 1650. The van der Waals surface area contributed by atoms with Crippen molar-refractivity contribution < 1.29 is 18.7 Å². The highest BCUT2D eigenvalue weighted by Crippen LogP contribution is 2.29. The topological polar surface area (TPSA) is 105 Å². The summed E-state index contributed by atoms with van der Waals surface area (Å²) in [6.45, 7) is 1.82. The van der Waals surface area contributed by atoms with E-state index in [4.69, 9.17) is 11.6 Å². The van der Waals surface area contributed by atoms with Crippen LogP contribution in [-0.4, -0.2) is 55.4 Å². The molecule has 1 atom stereocenters. The number of hydrogen-bond acceptors (Lipinski definition) is 6. The molecule has 2 fully saturated rings. The number of carbonyl (C=O) groups excluding carboxylic acids is 1. The van der Waals surface area contributed by atoms with Crippen LogP contribution in [0.3, 0.4) is 0 Å². The summed E-state index contributed by atoms with van der Waals surface area (Å²) in [7, 11) is 0. The smallest absolute Gasteiger partial charge is 0.333 e. The van der Waals surface area contributed by atoms with Gasteiger partial charge in [0.2, 0.25) is 0 Å². The largest absolute Gasteiger partial charge is 0.391 e. The quantitative estimate of drug-likeness (QED) is 0.320. The van der Waals surface area contributed by atoms with Gasteiger partial charge < -0.3 is 15.3 Å². The van der Waals surface area contributed by atoms with Gasteiger partial charge in [-0.1, -0.05) is 23.7 Å². The molecule has 4 aromatic rings. The maximum atomic E-state index is 13.7. The Morgan fingerprint density at radius 3 is 2.48 bits per heavy atom. The first-order valence-corrected chi connectivity index (χ1v) is 14.5. The third-order valence-corrected chi connectivity index (χ3v) is 8.48. The molecule has 6 rings (SSSR count). The highest BCUT2D eigenvalue weighted by molar-refractivity contribution is 6.30. The second-order valence-electron chi connectivity index (χ2n) is 11.1. The number of β-amino-alcohol motifs (C(OH)–C–C–N with tert-alkyl or cyclic N) is 1. The molecule has 1 aromatic carbocycles. The van der Waals surface area contributed by atoms with Gasteiger partial charge in [0.05, 0.1) is 39.6 Å². The number of aliphatic hydroxyl groups excluding tert-OH is 1. The predicted octanol–water partition coefficient (Wildman–Crippen LogP) is 4.73. The second kappa shape index (κ2) is 11.8. The number of fused-ring (bicyclic) bond motifs is 1. The van der Waals surface area contributed by atoms with E-state index in [1.165, 1.54) is 6.07 Å². The number of benzene rings is 1. The number of pyridine rings is 2. The highest BCUT2D eigenvalue weighted by Gasteiger charge is 2.28. The normalized spacial score (nSPS) is 20.9. The average Bonchev–Trinajstić information content (AvgIpc) is 3.54. The number of carbonyl (C=O) groups is 1. The summed E-state index contributed by atoms with van der Waals surface area (Å²) in [6.07, 6.45) is 3.15. The van der Waals surface area contributed by atoms with Crippen LogP contribution in [0.1, 0.15) is 54.6 Å². The molecule has 1 saturated heterocycles. The molecule has 3 aromatic heterocycles. The highest BCUT2D eigenvalue weighted by atomic mass is 35.5. The summed E-state index contributed by atoms with van der Waals surface area (Å²) < 4.78 is 30.2. The molecule has 220 valence electrons. The Hall–Kier alpha value is -3.83. The van der Waals surface area contributed by atoms with E-state index in [0.717, 1.165) is 42.4 Å². The van der Waals surface area contributed by atoms with Crippen molar-refractivity contribution in [2.45, 2.75) is 57.2 Å². The first-order valence-electron chi connectivity index (χ1n) is 14.1. The summed E-state index contributed by atoms with van der Waals surface area (Å²) in [5.41, 5.74) is 1.35. The molecular weight excluding hydrogens is 566 g/mol. The van der Waals surface area contributed by atoms with E-state index in [-0.39, 0.29) is 34.3 Å². The lowest BCUT2D eigenvalue weighted by atomic mass is 9.85. The summed E-state index contributed by atoms with van der Waals surface area (Å²) >= 11 is 5.91. The van der Waals surface area contributed by atoms with Gasteiger partial charge in [0.15, 0.2) is 0 Å². The third-order valence-electron chi connectivity index (χ3n) is 8.27. The van der Waals surface area contributed by atoms with Crippen LogP contribution in [0.25, 0.3) is 16.7 Å². The number of nitrogens with one attached hydrogen (secondary N) is 1. The number of amides is 1. The molecule has 1 amide bonds. The fourth-order valence-corrected chi connectivity index (χ4v) is 6.26. The first kappa shape index (κ1) is 28.3. The number of hydrogen-bond donors (Lipinski definition) is 2. The van der Waals surface area contributed by atoms with E-state index < -0.39 is 18.0 Å². The zero-order valence-electron chi connectivity index (χ0n) is 22.8. The van der Waals surface area contributed by atoms with Gasteiger partial charge >= 0.3 is 5.69 Å². The van der Waals surface area contributed by atoms with Gasteiger partial charge in [-0.05, 0) is 68.4 Å². The predicted molar refractivity (Wildman–Crippen MR) is 156 cm³/mol. The van der Waals surface area contributed by atoms with Crippen molar-refractivity contribution in [3.05, 3.63) is 81.6 Å². The maximum Gasteiger partial charge on any atom is 0.333 e. The van der Waals surface area contributed by atoms with Crippen molar-refractivity contribution >= 4 is 34.4 Å². The van der Waals surface area contributed by atoms with Crippen LogP contribution >= 0.6 is 11.6 Å². The van der Waals surface area contributed by atoms with Crippen molar-refractivity contribution in [1.29, 1.82) is 0 Å². The van der Waals surface area contributed by atoms with Crippen LogP contribution in [0.5, 0.6) is 0 Å². The molecule has 0 bridgehead atoms. The third kappa shape index (κ3) is 5.63. The van der Waals surface area contributed by atoms with Crippen LogP contribution < -0.4 is 15.9 Å². The number of rotatable bonds is 7. The van der Waals surface area contributed by atoms with Gasteiger partial charge in [-0.25, -0.2) is 18.6 Å². The molecule has 2 aliphatic rings. The molecular formula is C30H31ClF2N6O3. The summed E-state index contributed by atoms with van der Waals surface area (Å²) in [4.78, 5) is 36.8. The van der Waals surface area contributed by atoms with Crippen LogP contribution in [0.4, 0.5) is 14.6 Å². The average molecular weight is 597 g/mol. The van der Waals surface area contributed by atoms with Crippen LogP contribution in [0.15, 0.2) is 59.7 Å². The van der Waals surface area contributed by atoms with E-state index in [1.54, 1.807) is 15.3 Å². The van der Waals surface area contributed by atoms with Crippen molar-refractivity contribution in [3.63, 3.8) is 0 Å². The Morgan fingerprint density at radius 1 is 1.05 bits per heavy atom. The van der Waals surface area contributed by atoms with Crippen molar-refractivity contribution in [3.8, 4) is 5.69 Å². The lowest BCUT2D eigenvalue weighted by Crippen LogP contribution is -2.39. The number of halogens is 3. The van der Waals surface area contributed by atoms with Crippen LogP contribution in [0.2, 0.25) is 5.02 Å². The van der Waals surface area contributed by atoms with Crippen molar-refractivity contribution in [2.24, 2.45) is 5.92 Å². The van der Waals surface area contributed by atoms with Crippen LogP contribution in [0, 0.1) is 5.92 Å². The number of aliphatic hydroxyl groups is 1. The van der Waals surface area contributed by atoms with Gasteiger partial charge in [-0.2, -0.15) is 0 Å². The lowest BCUT2D eigenvalue weighted by Gasteiger charge is -2.29. The molecule has 9 nitrogen and oxygen atoms in total. The minimum Gasteiger partial charge on any atom is -0.391 e. The van der Waals surface area contributed by atoms with E-state index >= 15 is 0 Å². The van der Waals surface area contributed by atoms with Gasteiger partial charge in [-0.3, -0.25) is 18.9 Å². The van der Waals surface area contributed by atoms with E-state index in [1.807, 2.05) is 41.3 Å². The minimum absolute atomic E-state index is 0.121. The number of aromatic nitrogens is 4. The standard InChI is InChI=1S/C30H31ClF2N6O3/c31-19-13-23(27(28(32)33)35-14-19)29(41)36-20-7-5-18(6-8-20)16-38-24-3-1-2-4-25(24)39(30(38)42)21-9-10-26(34-15-21)37-12-11-22(40)17-37/h1-4,9-10,13-15,18,20,22,28,40H,5-8,11-12,16-17H2,(H,36,41)/t18-,20-,22-/m1/s1.